The van der Waals surface area contributed by atoms with Crippen LogP contribution in [0.4, 0.5) is 0 Å². The normalized spacial score (nSPS) is 27.9. The highest BCUT2D eigenvalue weighted by atomic mass is 16.5. The zero-order valence-corrected chi connectivity index (χ0v) is 11.5. The standard InChI is InChI=1S/C15H23NO2/c1-11-5-4-8-15(16,10-11)12-6-7-13(17-2)14(9-12)18-3/h6-7,9,11H,4-5,8,10,16H2,1-3H3. The molecule has 1 aliphatic rings. The maximum absolute atomic E-state index is 6.59. The molecule has 3 heteroatoms. The van der Waals surface area contributed by atoms with Crippen LogP contribution < -0.4 is 15.2 Å². The van der Waals surface area contributed by atoms with Crippen LogP contribution in [0.25, 0.3) is 0 Å². The van der Waals surface area contributed by atoms with Crippen LogP contribution in [0.2, 0.25) is 0 Å². The summed E-state index contributed by atoms with van der Waals surface area (Å²) in [6, 6.07) is 6.04. The molecule has 0 saturated heterocycles. The summed E-state index contributed by atoms with van der Waals surface area (Å²) < 4.78 is 10.6. The van der Waals surface area contributed by atoms with Crippen LogP contribution in [0, 0.1) is 5.92 Å². The highest BCUT2D eigenvalue weighted by Gasteiger charge is 2.33. The Morgan fingerprint density at radius 1 is 1.22 bits per heavy atom. The van der Waals surface area contributed by atoms with Crippen LogP contribution in [0.15, 0.2) is 18.2 Å². The molecule has 1 fully saturated rings. The van der Waals surface area contributed by atoms with E-state index in [1.807, 2.05) is 12.1 Å². The van der Waals surface area contributed by atoms with Gasteiger partial charge in [-0.15, -0.1) is 0 Å². The Balaban J connectivity index is 2.32. The molecule has 0 bridgehead atoms. The lowest BCUT2D eigenvalue weighted by atomic mass is 9.73. The van der Waals surface area contributed by atoms with Crippen LogP contribution in [0.3, 0.4) is 0 Å². The quantitative estimate of drug-likeness (QED) is 0.895. The summed E-state index contributed by atoms with van der Waals surface area (Å²) in [5.41, 5.74) is 7.54. The molecule has 1 aliphatic carbocycles. The van der Waals surface area contributed by atoms with E-state index in [0.717, 1.165) is 29.9 Å². The Bertz CT molecular complexity index is 419. The van der Waals surface area contributed by atoms with Gasteiger partial charge in [0.05, 0.1) is 14.2 Å². The first-order chi connectivity index (χ1) is 8.59. The van der Waals surface area contributed by atoms with Crippen molar-refractivity contribution in [3.8, 4) is 11.5 Å². The average molecular weight is 249 g/mol. The van der Waals surface area contributed by atoms with Crippen molar-refractivity contribution in [2.24, 2.45) is 11.7 Å². The third kappa shape index (κ3) is 2.46. The Hall–Kier alpha value is -1.22. The fourth-order valence-corrected chi connectivity index (χ4v) is 3.00. The Morgan fingerprint density at radius 2 is 1.94 bits per heavy atom. The van der Waals surface area contributed by atoms with Crippen molar-refractivity contribution in [2.75, 3.05) is 14.2 Å². The van der Waals surface area contributed by atoms with E-state index < -0.39 is 0 Å². The molecular weight excluding hydrogens is 226 g/mol. The molecule has 0 radical (unpaired) electrons. The number of hydrogen-bond acceptors (Lipinski definition) is 3. The van der Waals surface area contributed by atoms with E-state index in [0.29, 0.717) is 5.92 Å². The lowest BCUT2D eigenvalue weighted by Crippen LogP contribution is -2.40. The Kier molecular flexibility index (Phi) is 3.81. The second-order valence-corrected chi connectivity index (χ2v) is 5.43. The largest absolute Gasteiger partial charge is 0.493 e. The summed E-state index contributed by atoms with van der Waals surface area (Å²) in [5, 5.41) is 0. The second-order valence-electron chi connectivity index (χ2n) is 5.43. The zero-order chi connectivity index (χ0) is 13.2. The predicted molar refractivity (Wildman–Crippen MR) is 73.0 cm³/mol. The lowest BCUT2D eigenvalue weighted by Gasteiger charge is -2.37. The third-order valence-corrected chi connectivity index (χ3v) is 3.99. The third-order valence-electron chi connectivity index (χ3n) is 3.99. The van der Waals surface area contributed by atoms with Gasteiger partial charge in [-0.1, -0.05) is 25.8 Å². The second kappa shape index (κ2) is 5.19. The van der Waals surface area contributed by atoms with E-state index in [4.69, 9.17) is 15.2 Å². The van der Waals surface area contributed by atoms with E-state index in [1.165, 1.54) is 12.8 Å². The van der Waals surface area contributed by atoms with Gasteiger partial charge in [-0.3, -0.25) is 0 Å². The molecule has 0 spiro atoms. The van der Waals surface area contributed by atoms with Crippen LogP contribution in [-0.4, -0.2) is 14.2 Å². The molecule has 1 aromatic rings. The van der Waals surface area contributed by atoms with Gasteiger partial charge in [0.1, 0.15) is 0 Å². The highest BCUT2D eigenvalue weighted by molar-refractivity contribution is 5.45. The number of benzene rings is 1. The van der Waals surface area contributed by atoms with Crippen molar-refractivity contribution < 1.29 is 9.47 Å². The predicted octanol–water partition coefficient (Wildman–Crippen LogP) is 3.07. The Morgan fingerprint density at radius 3 is 2.56 bits per heavy atom. The maximum atomic E-state index is 6.59. The molecular formula is C15H23NO2. The van der Waals surface area contributed by atoms with Crippen molar-refractivity contribution in [1.29, 1.82) is 0 Å². The smallest absolute Gasteiger partial charge is 0.161 e. The van der Waals surface area contributed by atoms with Gasteiger partial charge in [-0.2, -0.15) is 0 Å². The minimum absolute atomic E-state index is 0.211. The van der Waals surface area contributed by atoms with Crippen LogP contribution in [0.5, 0.6) is 11.5 Å². The lowest BCUT2D eigenvalue weighted by molar-refractivity contribution is 0.238. The summed E-state index contributed by atoms with van der Waals surface area (Å²) in [6.07, 6.45) is 4.58. The highest BCUT2D eigenvalue weighted by Crippen LogP contribution is 2.40. The van der Waals surface area contributed by atoms with Gasteiger partial charge in [0.25, 0.3) is 0 Å². The van der Waals surface area contributed by atoms with E-state index in [9.17, 15) is 0 Å². The number of rotatable bonds is 3. The minimum Gasteiger partial charge on any atom is -0.493 e. The number of methoxy groups -OCH3 is 2. The molecule has 0 amide bonds. The van der Waals surface area contributed by atoms with E-state index in [-0.39, 0.29) is 5.54 Å². The molecule has 1 saturated carbocycles. The average Bonchev–Trinajstić information content (AvgIpc) is 2.37. The number of nitrogens with two attached hydrogens (primary N) is 1. The molecule has 2 N–H and O–H groups in total. The molecule has 2 atom stereocenters. The van der Waals surface area contributed by atoms with Gasteiger partial charge in [0.15, 0.2) is 11.5 Å². The molecule has 2 unspecified atom stereocenters. The van der Waals surface area contributed by atoms with E-state index in [2.05, 4.69) is 13.0 Å². The van der Waals surface area contributed by atoms with Gasteiger partial charge in [-0.05, 0) is 36.5 Å². The van der Waals surface area contributed by atoms with Crippen molar-refractivity contribution in [3.63, 3.8) is 0 Å². The molecule has 1 aromatic carbocycles. The van der Waals surface area contributed by atoms with Gasteiger partial charge in [-0.25, -0.2) is 0 Å². The monoisotopic (exact) mass is 249 g/mol. The van der Waals surface area contributed by atoms with E-state index >= 15 is 0 Å². The van der Waals surface area contributed by atoms with Crippen LogP contribution in [-0.2, 0) is 5.54 Å². The molecule has 18 heavy (non-hydrogen) atoms. The SMILES string of the molecule is COc1ccc(C2(N)CCCC(C)C2)cc1OC. The van der Waals surface area contributed by atoms with Crippen LogP contribution in [0.1, 0.15) is 38.2 Å². The van der Waals surface area contributed by atoms with E-state index in [1.54, 1.807) is 14.2 Å². The van der Waals surface area contributed by atoms with Gasteiger partial charge < -0.3 is 15.2 Å². The minimum atomic E-state index is -0.211. The first kappa shape index (κ1) is 13.2. The molecule has 0 aliphatic heterocycles. The van der Waals surface area contributed by atoms with Crippen LogP contribution >= 0.6 is 0 Å². The first-order valence-corrected chi connectivity index (χ1v) is 6.60. The van der Waals surface area contributed by atoms with Crippen molar-refractivity contribution in [3.05, 3.63) is 23.8 Å². The molecule has 100 valence electrons. The molecule has 3 nitrogen and oxygen atoms in total. The summed E-state index contributed by atoms with van der Waals surface area (Å²) in [5.74, 6) is 2.21. The molecule has 0 heterocycles. The molecule has 2 rings (SSSR count). The molecule has 0 aromatic heterocycles. The van der Waals surface area contributed by atoms with Gasteiger partial charge >= 0.3 is 0 Å². The van der Waals surface area contributed by atoms with Crippen molar-refractivity contribution in [2.45, 2.75) is 38.1 Å². The summed E-state index contributed by atoms with van der Waals surface area (Å²) in [6.45, 7) is 2.28. The summed E-state index contributed by atoms with van der Waals surface area (Å²) >= 11 is 0. The summed E-state index contributed by atoms with van der Waals surface area (Å²) in [7, 11) is 3.31. The van der Waals surface area contributed by atoms with Crippen molar-refractivity contribution >= 4 is 0 Å². The van der Waals surface area contributed by atoms with Gasteiger partial charge in [0, 0.05) is 5.54 Å². The fraction of sp³-hybridized carbons (Fsp3) is 0.600. The zero-order valence-electron chi connectivity index (χ0n) is 11.5. The summed E-state index contributed by atoms with van der Waals surface area (Å²) in [4.78, 5) is 0. The maximum Gasteiger partial charge on any atom is 0.161 e. The number of ether oxygens (including phenoxy) is 2. The van der Waals surface area contributed by atoms with Gasteiger partial charge in [0.2, 0.25) is 0 Å². The topological polar surface area (TPSA) is 44.5 Å². The first-order valence-electron chi connectivity index (χ1n) is 6.60. The Labute approximate surface area is 109 Å². The number of hydrogen-bond donors (Lipinski definition) is 1. The van der Waals surface area contributed by atoms with Crippen molar-refractivity contribution in [1.82, 2.24) is 0 Å². The fourth-order valence-electron chi connectivity index (χ4n) is 3.00.